The van der Waals surface area contributed by atoms with Crippen LogP contribution in [0.1, 0.15) is 17.3 Å². The van der Waals surface area contributed by atoms with Crippen molar-refractivity contribution in [2.24, 2.45) is 0 Å². The van der Waals surface area contributed by atoms with Crippen LogP contribution < -0.4 is 0 Å². The topological polar surface area (TPSA) is 42.4 Å². The van der Waals surface area contributed by atoms with Gasteiger partial charge in [0.1, 0.15) is 0 Å². The molecule has 86 valence electrons. The highest BCUT2D eigenvalue weighted by atomic mass is 35.5. The number of amides is 1. The molecule has 5 heteroatoms. The van der Waals surface area contributed by atoms with Gasteiger partial charge in [-0.2, -0.15) is 0 Å². The highest BCUT2D eigenvalue weighted by Crippen LogP contribution is 2.17. The van der Waals surface area contributed by atoms with Crippen molar-refractivity contribution < 1.29 is 9.53 Å². The van der Waals surface area contributed by atoms with E-state index < -0.39 is 0 Å². The molecule has 0 bridgehead atoms. The van der Waals surface area contributed by atoms with E-state index >= 15 is 0 Å². The third-order valence-corrected chi connectivity index (χ3v) is 2.86. The maximum Gasteiger partial charge on any atom is 0.257 e. The van der Waals surface area contributed by atoms with Crippen LogP contribution in [0, 0.1) is 0 Å². The highest BCUT2D eigenvalue weighted by molar-refractivity contribution is 6.33. The van der Waals surface area contributed by atoms with Gasteiger partial charge in [0.2, 0.25) is 0 Å². The molecular weight excluding hydrogens is 228 g/mol. The fourth-order valence-corrected chi connectivity index (χ4v) is 1.89. The van der Waals surface area contributed by atoms with E-state index in [9.17, 15) is 4.79 Å². The molecule has 0 aromatic carbocycles. The predicted octanol–water partition coefficient (Wildman–Crippen LogP) is 1.60. The first-order valence-corrected chi connectivity index (χ1v) is 5.56. The number of aromatic nitrogens is 1. The van der Waals surface area contributed by atoms with Crippen LogP contribution in [0.2, 0.25) is 5.02 Å². The van der Waals surface area contributed by atoms with Crippen molar-refractivity contribution in [3.63, 3.8) is 0 Å². The summed E-state index contributed by atoms with van der Waals surface area (Å²) in [6.45, 7) is 3.73. The van der Waals surface area contributed by atoms with Gasteiger partial charge in [-0.15, -0.1) is 0 Å². The number of nitrogens with zero attached hydrogens (tertiary/aromatic N) is 2. The lowest BCUT2D eigenvalue weighted by molar-refractivity contribution is -0.0124. The van der Waals surface area contributed by atoms with E-state index in [1.165, 1.54) is 6.20 Å². The van der Waals surface area contributed by atoms with Gasteiger partial charge >= 0.3 is 0 Å². The van der Waals surface area contributed by atoms with Crippen molar-refractivity contribution in [3.05, 3.63) is 29.0 Å². The summed E-state index contributed by atoms with van der Waals surface area (Å²) in [4.78, 5) is 17.8. The van der Waals surface area contributed by atoms with Gasteiger partial charge in [-0.1, -0.05) is 11.6 Å². The molecule has 16 heavy (non-hydrogen) atoms. The van der Waals surface area contributed by atoms with E-state index in [1.807, 2.05) is 6.92 Å². The van der Waals surface area contributed by atoms with Crippen LogP contribution in [0.25, 0.3) is 0 Å². The monoisotopic (exact) mass is 240 g/mol. The molecule has 1 saturated heterocycles. The maximum atomic E-state index is 12.1. The summed E-state index contributed by atoms with van der Waals surface area (Å²) in [7, 11) is 0. The van der Waals surface area contributed by atoms with Crippen LogP contribution in [-0.2, 0) is 4.74 Å². The summed E-state index contributed by atoms with van der Waals surface area (Å²) in [5.41, 5.74) is 0.457. The van der Waals surface area contributed by atoms with Gasteiger partial charge in [0, 0.05) is 25.5 Å². The molecule has 0 aliphatic carbocycles. The minimum absolute atomic E-state index is 0.0757. The van der Waals surface area contributed by atoms with Gasteiger partial charge in [0.15, 0.2) is 0 Å². The average Bonchev–Trinajstić information content (AvgIpc) is 2.29. The van der Waals surface area contributed by atoms with E-state index in [2.05, 4.69) is 4.98 Å². The molecule has 0 N–H and O–H groups in total. The number of rotatable bonds is 1. The van der Waals surface area contributed by atoms with Crippen molar-refractivity contribution in [1.82, 2.24) is 9.88 Å². The zero-order chi connectivity index (χ0) is 11.5. The smallest absolute Gasteiger partial charge is 0.257 e. The molecule has 1 unspecified atom stereocenters. The summed E-state index contributed by atoms with van der Waals surface area (Å²) < 4.78 is 5.38. The molecule has 4 nitrogen and oxygen atoms in total. The first-order valence-electron chi connectivity index (χ1n) is 5.19. The largest absolute Gasteiger partial charge is 0.375 e. The molecule has 1 amide bonds. The van der Waals surface area contributed by atoms with Crippen molar-refractivity contribution in [1.29, 1.82) is 0 Å². The number of ether oxygens (including phenoxy) is 1. The van der Waals surface area contributed by atoms with Crippen LogP contribution in [0.15, 0.2) is 18.5 Å². The van der Waals surface area contributed by atoms with E-state index in [-0.39, 0.29) is 12.0 Å². The molecule has 0 spiro atoms. The second-order valence-corrected chi connectivity index (χ2v) is 4.20. The average molecular weight is 241 g/mol. The number of morpholine rings is 1. The lowest BCUT2D eigenvalue weighted by atomic mass is 10.2. The van der Waals surface area contributed by atoms with E-state index in [4.69, 9.17) is 16.3 Å². The van der Waals surface area contributed by atoms with Crippen molar-refractivity contribution in [2.75, 3.05) is 19.7 Å². The Morgan fingerprint density at radius 3 is 3.19 bits per heavy atom. The molecule has 1 aliphatic rings. The van der Waals surface area contributed by atoms with E-state index in [0.717, 1.165) is 0 Å². The Bertz CT molecular complexity index is 397. The Hall–Kier alpha value is -1.13. The van der Waals surface area contributed by atoms with Crippen LogP contribution in [0.4, 0.5) is 0 Å². The first-order chi connectivity index (χ1) is 7.68. The molecule has 1 aromatic rings. The molecular formula is C11H13ClN2O2. The Kier molecular flexibility index (Phi) is 3.41. The summed E-state index contributed by atoms with van der Waals surface area (Å²) in [5, 5.41) is 0.444. The fraction of sp³-hybridized carbons (Fsp3) is 0.455. The van der Waals surface area contributed by atoms with Crippen LogP contribution in [0.3, 0.4) is 0 Å². The van der Waals surface area contributed by atoms with Crippen molar-refractivity contribution in [2.45, 2.75) is 13.0 Å². The molecule has 0 radical (unpaired) electrons. The van der Waals surface area contributed by atoms with Crippen LogP contribution >= 0.6 is 11.6 Å². The second-order valence-electron chi connectivity index (χ2n) is 3.79. The Labute approximate surface area is 99.2 Å². The lowest BCUT2D eigenvalue weighted by Gasteiger charge is -2.31. The molecule has 1 aromatic heterocycles. The zero-order valence-corrected chi connectivity index (χ0v) is 9.78. The van der Waals surface area contributed by atoms with E-state index in [0.29, 0.717) is 30.3 Å². The number of carbonyl (C=O) groups is 1. The number of hydrogen-bond acceptors (Lipinski definition) is 3. The molecule has 2 rings (SSSR count). The molecule has 0 saturated carbocycles. The molecule has 1 aliphatic heterocycles. The third kappa shape index (κ3) is 2.33. The Morgan fingerprint density at radius 2 is 2.50 bits per heavy atom. The maximum absolute atomic E-state index is 12.1. The summed E-state index contributed by atoms with van der Waals surface area (Å²) >= 11 is 5.96. The summed E-state index contributed by atoms with van der Waals surface area (Å²) in [6.07, 6.45) is 3.15. The fourth-order valence-electron chi connectivity index (χ4n) is 1.71. The number of carbonyl (C=O) groups excluding carboxylic acids is 1. The Balaban J connectivity index is 2.16. The predicted molar refractivity (Wildman–Crippen MR) is 60.6 cm³/mol. The molecule has 1 fully saturated rings. The minimum atomic E-state index is -0.0757. The lowest BCUT2D eigenvalue weighted by Crippen LogP contribution is -2.44. The number of pyridine rings is 1. The van der Waals surface area contributed by atoms with Crippen molar-refractivity contribution in [3.8, 4) is 0 Å². The van der Waals surface area contributed by atoms with Gasteiger partial charge in [-0.05, 0) is 13.0 Å². The quantitative estimate of drug-likeness (QED) is 0.749. The van der Waals surface area contributed by atoms with Gasteiger partial charge in [-0.3, -0.25) is 9.78 Å². The Morgan fingerprint density at radius 1 is 1.69 bits per heavy atom. The van der Waals surface area contributed by atoms with Crippen LogP contribution in [0.5, 0.6) is 0 Å². The zero-order valence-electron chi connectivity index (χ0n) is 9.02. The highest BCUT2D eigenvalue weighted by Gasteiger charge is 2.23. The minimum Gasteiger partial charge on any atom is -0.375 e. The van der Waals surface area contributed by atoms with Crippen LogP contribution in [-0.4, -0.2) is 41.6 Å². The molecule has 1 atom stereocenters. The third-order valence-electron chi connectivity index (χ3n) is 2.53. The first kappa shape index (κ1) is 11.4. The van der Waals surface area contributed by atoms with Gasteiger partial charge < -0.3 is 9.64 Å². The summed E-state index contributed by atoms with van der Waals surface area (Å²) in [5.74, 6) is -0.0757. The van der Waals surface area contributed by atoms with Gasteiger partial charge in [0.25, 0.3) is 5.91 Å². The van der Waals surface area contributed by atoms with Gasteiger partial charge in [0.05, 0.1) is 23.3 Å². The SMILES string of the molecule is CC1CN(C(=O)c2cnccc2Cl)CCO1. The normalized spacial score (nSPS) is 20.9. The summed E-state index contributed by atoms with van der Waals surface area (Å²) in [6, 6.07) is 1.62. The number of halogens is 1. The molecule has 2 heterocycles. The number of hydrogen-bond donors (Lipinski definition) is 0. The van der Waals surface area contributed by atoms with Gasteiger partial charge in [-0.25, -0.2) is 0 Å². The van der Waals surface area contributed by atoms with Crippen molar-refractivity contribution >= 4 is 17.5 Å². The van der Waals surface area contributed by atoms with E-state index in [1.54, 1.807) is 17.2 Å². The second kappa shape index (κ2) is 4.80. The standard InChI is InChI=1S/C11H13ClN2O2/c1-8-7-14(4-5-16-8)11(15)9-6-13-3-2-10(9)12/h2-3,6,8H,4-5,7H2,1H3.